The number of rotatable bonds is 6. The highest BCUT2D eigenvalue weighted by molar-refractivity contribution is 8.07. The number of aryl methyl sites for hydroxylation is 2. The van der Waals surface area contributed by atoms with Gasteiger partial charge in [-0.25, -0.2) is 0 Å². The normalized spacial score (nSPS) is 27.8. The Kier molecular flexibility index (Phi) is 6.51. The summed E-state index contributed by atoms with van der Waals surface area (Å²) >= 11 is 4.30. The monoisotopic (exact) mass is 327 g/mol. The molecule has 120 valence electrons. The number of thioether (sulfide) groups is 2. The van der Waals surface area contributed by atoms with Crippen molar-refractivity contribution in [3.05, 3.63) is 17.5 Å². The Morgan fingerprint density at radius 1 is 1.43 bits per heavy atom. The summed E-state index contributed by atoms with van der Waals surface area (Å²) in [6.07, 6.45) is 2.27. The van der Waals surface area contributed by atoms with Crippen molar-refractivity contribution >= 4 is 23.5 Å². The molecule has 0 aliphatic carbocycles. The summed E-state index contributed by atoms with van der Waals surface area (Å²) in [6.45, 7) is 10.2. The van der Waals surface area contributed by atoms with Gasteiger partial charge in [-0.1, -0.05) is 20.8 Å². The molecule has 0 saturated carbocycles. The van der Waals surface area contributed by atoms with E-state index >= 15 is 0 Å². The largest absolute Gasteiger partial charge is 0.312 e. The van der Waals surface area contributed by atoms with Crippen LogP contribution >= 0.6 is 23.5 Å². The molecule has 0 radical (unpaired) electrons. The van der Waals surface area contributed by atoms with Crippen LogP contribution in [0.25, 0.3) is 0 Å². The fourth-order valence-corrected chi connectivity index (χ4v) is 5.89. The summed E-state index contributed by atoms with van der Waals surface area (Å²) in [6, 6.07) is 2.78. The highest BCUT2D eigenvalue weighted by Gasteiger charge is 2.31. The molecule has 1 saturated heterocycles. The summed E-state index contributed by atoms with van der Waals surface area (Å²) in [5.41, 5.74) is 2.47. The third kappa shape index (κ3) is 4.67. The van der Waals surface area contributed by atoms with Crippen molar-refractivity contribution < 1.29 is 0 Å². The predicted octanol–water partition coefficient (Wildman–Crippen LogP) is 3.26. The molecule has 2 rings (SSSR count). The van der Waals surface area contributed by atoms with Crippen LogP contribution in [0.3, 0.4) is 0 Å². The minimum absolute atomic E-state index is 0.548. The van der Waals surface area contributed by atoms with Crippen molar-refractivity contribution in [1.29, 1.82) is 0 Å². The first-order valence-corrected chi connectivity index (χ1v) is 10.00. The van der Waals surface area contributed by atoms with Gasteiger partial charge in [-0.05, 0) is 26.0 Å². The Morgan fingerprint density at radius 3 is 2.76 bits per heavy atom. The maximum absolute atomic E-state index is 4.49. The van der Waals surface area contributed by atoms with Gasteiger partial charge in [0.25, 0.3) is 0 Å². The molecular formula is C16H29N3S2. The zero-order chi connectivity index (χ0) is 15.4. The second-order valence-electron chi connectivity index (χ2n) is 6.08. The van der Waals surface area contributed by atoms with Crippen LogP contribution in [0.2, 0.25) is 0 Å². The van der Waals surface area contributed by atoms with E-state index in [0.29, 0.717) is 11.3 Å². The molecule has 0 aromatic carbocycles. The molecule has 3 nitrogen and oxygen atoms in total. The maximum Gasteiger partial charge on any atom is 0.0596 e. The van der Waals surface area contributed by atoms with Gasteiger partial charge in [-0.3, -0.25) is 4.68 Å². The van der Waals surface area contributed by atoms with Crippen LogP contribution in [0.5, 0.6) is 0 Å². The van der Waals surface area contributed by atoms with E-state index in [9.17, 15) is 0 Å². The van der Waals surface area contributed by atoms with Crippen LogP contribution in [-0.4, -0.2) is 43.9 Å². The lowest BCUT2D eigenvalue weighted by Gasteiger charge is -2.36. The lowest BCUT2D eigenvalue weighted by molar-refractivity contribution is 0.490. The van der Waals surface area contributed by atoms with E-state index in [0.717, 1.165) is 29.2 Å². The molecule has 1 aromatic rings. The summed E-state index contributed by atoms with van der Waals surface area (Å²) in [5.74, 6) is 1.26. The van der Waals surface area contributed by atoms with Gasteiger partial charge in [-0.15, -0.1) is 0 Å². The first-order valence-electron chi connectivity index (χ1n) is 8.01. The molecule has 1 aliphatic rings. The van der Waals surface area contributed by atoms with E-state index in [1.165, 1.54) is 17.9 Å². The van der Waals surface area contributed by atoms with E-state index in [1.807, 2.05) is 4.68 Å². The fraction of sp³-hybridized carbons (Fsp3) is 0.812. The molecule has 2 heterocycles. The van der Waals surface area contributed by atoms with Gasteiger partial charge >= 0.3 is 0 Å². The van der Waals surface area contributed by atoms with Crippen molar-refractivity contribution in [2.75, 3.05) is 12.3 Å². The molecular weight excluding hydrogens is 298 g/mol. The smallest absolute Gasteiger partial charge is 0.0596 e. The Balaban J connectivity index is 2.05. The van der Waals surface area contributed by atoms with Crippen LogP contribution < -0.4 is 5.32 Å². The summed E-state index contributed by atoms with van der Waals surface area (Å²) in [4.78, 5) is 0. The average Bonchev–Trinajstić information content (AvgIpc) is 2.76. The number of nitrogens with one attached hydrogen (secondary N) is 1. The minimum atomic E-state index is 0.548. The first-order chi connectivity index (χ1) is 10.0. The lowest BCUT2D eigenvalue weighted by Crippen LogP contribution is -2.45. The number of aromatic nitrogens is 2. The molecule has 0 amide bonds. The molecule has 1 aromatic heterocycles. The van der Waals surface area contributed by atoms with Gasteiger partial charge in [0.05, 0.1) is 5.69 Å². The third-order valence-corrected chi connectivity index (χ3v) is 7.76. The second kappa shape index (κ2) is 7.93. The molecule has 1 N–H and O–H groups in total. The van der Waals surface area contributed by atoms with E-state index in [-0.39, 0.29) is 0 Å². The van der Waals surface area contributed by atoms with Gasteiger partial charge in [0.1, 0.15) is 0 Å². The van der Waals surface area contributed by atoms with Crippen molar-refractivity contribution in [3.8, 4) is 0 Å². The van der Waals surface area contributed by atoms with Crippen LogP contribution in [0, 0.1) is 6.92 Å². The Labute approximate surface area is 138 Å². The minimum Gasteiger partial charge on any atom is -0.312 e. The maximum atomic E-state index is 4.49. The fourth-order valence-electron chi connectivity index (χ4n) is 2.76. The summed E-state index contributed by atoms with van der Waals surface area (Å²) in [7, 11) is 2.06. The van der Waals surface area contributed by atoms with E-state index in [4.69, 9.17) is 0 Å². The molecule has 1 fully saturated rings. The van der Waals surface area contributed by atoms with Crippen LogP contribution in [0.1, 0.15) is 38.6 Å². The Morgan fingerprint density at radius 2 is 2.19 bits per heavy atom. The van der Waals surface area contributed by atoms with Crippen molar-refractivity contribution in [2.24, 2.45) is 7.05 Å². The van der Waals surface area contributed by atoms with Crippen LogP contribution in [0.15, 0.2) is 6.07 Å². The highest BCUT2D eigenvalue weighted by Crippen LogP contribution is 2.37. The molecule has 5 heteroatoms. The number of hydrogen-bond donors (Lipinski definition) is 1. The van der Waals surface area contributed by atoms with Crippen molar-refractivity contribution in [1.82, 2.24) is 15.1 Å². The average molecular weight is 328 g/mol. The van der Waals surface area contributed by atoms with Gasteiger partial charge in [0.2, 0.25) is 0 Å². The SMILES string of the molecule is CCCNC(Cc1cc(C)nn1C)C1CSC(C)C(C)S1. The topological polar surface area (TPSA) is 29.9 Å². The van der Waals surface area contributed by atoms with Crippen LogP contribution in [-0.2, 0) is 13.5 Å². The Bertz CT molecular complexity index is 447. The van der Waals surface area contributed by atoms with Gasteiger partial charge < -0.3 is 5.32 Å². The van der Waals surface area contributed by atoms with Gasteiger partial charge in [0.15, 0.2) is 0 Å². The van der Waals surface area contributed by atoms with Gasteiger partial charge in [0, 0.05) is 46.7 Å². The number of hydrogen-bond acceptors (Lipinski definition) is 4. The molecule has 0 spiro atoms. The van der Waals surface area contributed by atoms with E-state index in [1.54, 1.807) is 0 Å². The summed E-state index contributed by atoms with van der Waals surface area (Å²) < 4.78 is 2.04. The molecule has 0 bridgehead atoms. The third-order valence-electron chi connectivity index (χ3n) is 4.21. The van der Waals surface area contributed by atoms with Crippen molar-refractivity contribution in [3.63, 3.8) is 0 Å². The Hall–Kier alpha value is -0.130. The number of nitrogens with zero attached hydrogens (tertiary/aromatic N) is 2. The molecule has 21 heavy (non-hydrogen) atoms. The molecule has 4 unspecified atom stereocenters. The predicted molar refractivity (Wildman–Crippen MR) is 96.5 cm³/mol. The van der Waals surface area contributed by atoms with Crippen molar-refractivity contribution in [2.45, 2.75) is 62.3 Å². The molecule has 1 aliphatic heterocycles. The zero-order valence-electron chi connectivity index (χ0n) is 13.9. The van der Waals surface area contributed by atoms with Gasteiger partial charge in [-0.2, -0.15) is 28.6 Å². The van der Waals surface area contributed by atoms with E-state index in [2.05, 4.69) is 74.7 Å². The standard InChI is InChI=1S/C16H29N3S2/c1-6-7-17-15(9-14-8-11(2)18-19(14)5)16-10-20-12(3)13(4)21-16/h8,12-13,15-17H,6-7,9-10H2,1-5H3. The highest BCUT2D eigenvalue weighted by atomic mass is 32.2. The zero-order valence-corrected chi connectivity index (χ0v) is 15.6. The summed E-state index contributed by atoms with van der Waals surface area (Å²) in [5, 5.41) is 10.5. The van der Waals surface area contributed by atoms with Crippen LogP contribution in [0.4, 0.5) is 0 Å². The quantitative estimate of drug-likeness (QED) is 0.868. The van der Waals surface area contributed by atoms with E-state index < -0.39 is 0 Å². The second-order valence-corrected chi connectivity index (χ2v) is 9.11. The lowest BCUT2D eigenvalue weighted by atomic mass is 10.1. The molecule has 4 atom stereocenters. The first kappa shape index (κ1) is 17.2.